The van der Waals surface area contributed by atoms with Crippen LogP contribution in [0.15, 0.2) is 0 Å². The normalized spacial score (nSPS) is 19.9. The van der Waals surface area contributed by atoms with Gasteiger partial charge < -0.3 is 10.4 Å². The highest BCUT2D eigenvalue weighted by Crippen LogP contribution is 2.35. The molecule has 0 unspecified atom stereocenters. The van der Waals surface area contributed by atoms with Gasteiger partial charge in [0.25, 0.3) is 0 Å². The lowest BCUT2D eigenvalue weighted by atomic mass is 9.74. The lowest BCUT2D eigenvalue weighted by molar-refractivity contribution is -0.119. The van der Waals surface area contributed by atoms with Gasteiger partial charge >= 0.3 is 0 Å². The van der Waals surface area contributed by atoms with E-state index in [0.717, 1.165) is 31.9 Å². The molecular weight excluding hydrogens is 242 g/mol. The van der Waals surface area contributed by atoms with Crippen LogP contribution in [0.2, 0.25) is 0 Å². The molecule has 2 N–H and O–H groups in total. The van der Waals surface area contributed by atoms with Crippen molar-refractivity contribution in [3.63, 3.8) is 0 Å². The molecule has 0 heterocycles. The molecule has 1 fully saturated rings. The number of carbonyl (C=O) groups is 1. The van der Waals surface area contributed by atoms with Crippen molar-refractivity contribution < 1.29 is 18.3 Å². The maximum Gasteiger partial charge on any atom is 0.235 e. The van der Waals surface area contributed by atoms with Crippen molar-refractivity contribution in [2.45, 2.75) is 32.1 Å². The Morgan fingerprint density at radius 1 is 1.29 bits per heavy atom. The fourth-order valence-corrected chi connectivity index (χ4v) is 2.85. The number of hydrogen-bond acceptors (Lipinski definition) is 4. The summed E-state index contributed by atoms with van der Waals surface area (Å²) in [7, 11) is -3.28. The zero-order chi connectivity index (χ0) is 12.9. The third-order valence-electron chi connectivity index (χ3n) is 3.30. The van der Waals surface area contributed by atoms with Gasteiger partial charge in [-0.15, -0.1) is 0 Å². The van der Waals surface area contributed by atoms with Crippen LogP contribution in [0, 0.1) is 5.41 Å². The quantitative estimate of drug-likeness (QED) is 0.736. The molecule has 5 nitrogen and oxygen atoms in total. The summed E-state index contributed by atoms with van der Waals surface area (Å²) >= 11 is 0. The van der Waals surface area contributed by atoms with Crippen LogP contribution in [0.3, 0.4) is 0 Å². The number of hydrogen-bond donors (Lipinski definition) is 2. The van der Waals surface area contributed by atoms with E-state index >= 15 is 0 Å². The minimum absolute atomic E-state index is 0.0478. The summed E-state index contributed by atoms with van der Waals surface area (Å²) in [4.78, 5) is 11.4. The molecule has 1 aliphatic carbocycles. The molecule has 100 valence electrons. The summed E-state index contributed by atoms with van der Waals surface area (Å²) < 4.78 is 21.9. The Morgan fingerprint density at radius 3 is 2.35 bits per heavy atom. The van der Waals surface area contributed by atoms with Crippen molar-refractivity contribution in [1.29, 1.82) is 0 Å². The second-order valence-electron chi connectivity index (χ2n) is 5.07. The van der Waals surface area contributed by atoms with Gasteiger partial charge in [-0.3, -0.25) is 4.79 Å². The standard InChI is InChI=1S/C11H21NO4S/c1-17(15,16)7-10(14)12-8-11(9-13)5-3-2-4-6-11/h13H,2-9H2,1H3,(H,12,14). The first-order valence-corrected chi connectivity index (χ1v) is 7.98. The lowest BCUT2D eigenvalue weighted by Gasteiger charge is -2.35. The average Bonchev–Trinajstić information content (AvgIpc) is 2.25. The largest absolute Gasteiger partial charge is 0.396 e. The van der Waals surface area contributed by atoms with Gasteiger partial charge in [0.05, 0.1) is 6.61 Å². The second kappa shape index (κ2) is 5.82. The monoisotopic (exact) mass is 263 g/mol. The Bertz CT molecular complexity index is 358. The Balaban J connectivity index is 2.45. The third-order valence-corrected chi connectivity index (χ3v) is 4.09. The summed E-state index contributed by atoms with van der Waals surface area (Å²) in [5.41, 5.74) is -0.245. The Hall–Kier alpha value is -0.620. The van der Waals surface area contributed by atoms with Crippen molar-refractivity contribution in [3.8, 4) is 0 Å². The van der Waals surface area contributed by atoms with Crippen LogP contribution in [0.25, 0.3) is 0 Å². The number of nitrogens with one attached hydrogen (secondary N) is 1. The van der Waals surface area contributed by atoms with E-state index in [1.165, 1.54) is 6.42 Å². The highest BCUT2D eigenvalue weighted by atomic mass is 32.2. The summed E-state index contributed by atoms with van der Waals surface area (Å²) in [5, 5.41) is 12.0. The fourth-order valence-electron chi connectivity index (χ4n) is 2.27. The first kappa shape index (κ1) is 14.4. The van der Waals surface area contributed by atoms with Crippen LogP contribution in [0.5, 0.6) is 0 Å². The van der Waals surface area contributed by atoms with Gasteiger partial charge in [0.15, 0.2) is 9.84 Å². The van der Waals surface area contributed by atoms with Crippen LogP contribution < -0.4 is 5.32 Å². The van der Waals surface area contributed by atoms with E-state index in [-0.39, 0.29) is 12.0 Å². The Kier molecular flexibility index (Phi) is 4.94. The predicted molar refractivity (Wildman–Crippen MR) is 65.3 cm³/mol. The molecule has 6 heteroatoms. The molecule has 0 saturated heterocycles. The predicted octanol–water partition coefficient (Wildman–Crippen LogP) is 0.0900. The molecule has 0 atom stereocenters. The minimum atomic E-state index is -3.28. The molecule has 0 radical (unpaired) electrons. The molecule has 1 amide bonds. The number of amides is 1. The number of carbonyl (C=O) groups excluding carboxylic acids is 1. The molecule has 0 spiro atoms. The van der Waals surface area contributed by atoms with Gasteiger partial charge in [0, 0.05) is 18.2 Å². The van der Waals surface area contributed by atoms with Crippen LogP contribution in [-0.2, 0) is 14.6 Å². The molecule has 0 aliphatic heterocycles. The molecule has 0 bridgehead atoms. The maximum atomic E-state index is 11.4. The summed E-state index contributed by atoms with van der Waals surface area (Å²) in [5.74, 6) is -0.958. The maximum absolute atomic E-state index is 11.4. The summed E-state index contributed by atoms with van der Waals surface area (Å²) in [6.45, 7) is 0.421. The highest BCUT2D eigenvalue weighted by molar-refractivity contribution is 7.91. The van der Waals surface area contributed by atoms with E-state index in [1.807, 2.05) is 0 Å². The average molecular weight is 263 g/mol. The molecule has 17 heavy (non-hydrogen) atoms. The third kappa shape index (κ3) is 5.04. The smallest absolute Gasteiger partial charge is 0.235 e. The van der Waals surface area contributed by atoms with Crippen molar-refractivity contribution in [1.82, 2.24) is 5.32 Å². The van der Waals surface area contributed by atoms with Crippen molar-refractivity contribution in [2.24, 2.45) is 5.41 Å². The van der Waals surface area contributed by atoms with E-state index in [1.54, 1.807) is 0 Å². The molecule has 1 saturated carbocycles. The van der Waals surface area contributed by atoms with Gasteiger partial charge in [-0.05, 0) is 12.8 Å². The second-order valence-corrected chi connectivity index (χ2v) is 7.21. The minimum Gasteiger partial charge on any atom is -0.396 e. The van der Waals surface area contributed by atoms with Gasteiger partial charge in [-0.2, -0.15) is 0 Å². The van der Waals surface area contributed by atoms with Gasteiger partial charge in [0.1, 0.15) is 5.75 Å². The van der Waals surface area contributed by atoms with Crippen molar-refractivity contribution >= 4 is 15.7 Å². The zero-order valence-corrected chi connectivity index (χ0v) is 11.1. The van der Waals surface area contributed by atoms with Gasteiger partial charge in [-0.1, -0.05) is 19.3 Å². The molecular formula is C11H21NO4S. The van der Waals surface area contributed by atoms with E-state index in [9.17, 15) is 18.3 Å². The molecule has 1 rings (SSSR count). The van der Waals surface area contributed by atoms with E-state index < -0.39 is 21.5 Å². The van der Waals surface area contributed by atoms with Crippen LogP contribution in [0.1, 0.15) is 32.1 Å². The number of rotatable bonds is 5. The SMILES string of the molecule is CS(=O)(=O)CC(=O)NCC1(CO)CCCCC1. The Labute approximate surface area is 103 Å². The van der Waals surface area contributed by atoms with Crippen molar-refractivity contribution in [2.75, 3.05) is 25.2 Å². The van der Waals surface area contributed by atoms with Gasteiger partial charge in [0.2, 0.25) is 5.91 Å². The summed E-state index contributed by atoms with van der Waals surface area (Å²) in [6.07, 6.45) is 6.10. The van der Waals surface area contributed by atoms with E-state index in [4.69, 9.17) is 0 Å². The lowest BCUT2D eigenvalue weighted by Crippen LogP contribution is -2.43. The van der Waals surface area contributed by atoms with Crippen LogP contribution >= 0.6 is 0 Å². The molecule has 1 aliphatic rings. The van der Waals surface area contributed by atoms with Crippen LogP contribution in [0.4, 0.5) is 0 Å². The van der Waals surface area contributed by atoms with Crippen molar-refractivity contribution in [3.05, 3.63) is 0 Å². The van der Waals surface area contributed by atoms with Crippen LogP contribution in [-0.4, -0.2) is 44.6 Å². The van der Waals surface area contributed by atoms with E-state index in [2.05, 4.69) is 5.32 Å². The van der Waals surface area contributed by atoms with Gasteiger partial charge in [-0.25, -0.2) is 8.42 Å². The summed E-state index contributed by atoms with van der Waals surface area (Å²) in [6, 6.07) is 0. The number of aliphatic hydroxyl groups is 1. The number of aliphatic hydroxyl groups excluding tert-OH is 1. The Morgan fingerprint density at radius 2 is 1.88 bits per heavy atom. The topological polar surface area (TPSA) is 83.5 Å². The molecule has 0 aromatic rings. The highest BCUT2D eigenvalue weighted by Gasteiger charge is 2.31. The van der Waals surface area contributed by atoms with E-state index in [0.29, 0.717) is 6.54 Å². The molecule has 0 aromatic carbocycles. The number of sulfone groups is 1. The first-order valence-electron chi connectivity index (χ1n) is 5.92. The molecule has 0 aromatic heterocycles. The zero-order valence-electron chi connectivity index (χ0n) is 10.2. The fraction of sp³-hybridized carbons (Fsp3) is 0.909. The first-order chi connectivity index (χ1) is 7.87.